The highest BCUT2D eigenvalue weighted by molar-refractivity contribution is 7.91. The fourth-order valence-electron chi connectivity index (χ4n) is 3.86. The van der Waals surface area contributed by atoms with Crippen LogP contribution in [0.15, 0.2) is 47.1 Å². The normalized spacial score (nSPS) is 25.1. The van der Waals surface area contributed by atoms with Crippen LogP contribution in [0.4, 0.5) is 4.39 Å². The van der Waals surface area contributed by atoms with Crippen LogP contribution >= 0.6 is 0 Å². The van der Waals surface area contributed by atoms with Crippen LogP contribution in [0.5, 0.6) is 0 Å². The van der Waals surface area contributed by atoms with Gasteiger partial charge in [-0.05, 0) is 29.8 Å². The molecule has 27 heavy (non-hydrogen) atoms. The van der Waals surface area contributed by atoms with Crippen molar-refractivity contribution in [3.05, 3.63) is 59.8 Å². The maximum Gasteiger partial charge on any atom is 0.231 e. The number of carbonyl (C=O) groups is 1. The zero-order valence-electron chi connectivity index (χ0n) is 14.6. The molecule has 0 N–H and O–H groups in total. The second-order valence-electron chi connectivity index (χ2n) is 6.97. The van der Waals surface area contributed by atoms with Gasteiger partial charge in [-0.1, -0.05) is 12.1 Å². The average molecular weight is 393 g/mol. The highest BCUT2D eigenvalue weighted by Crippen LogP contribution is 2.30. The predicted octanol–water partition coefficient (Wildman–Crippen LogP) is 1.77. The van der Waals surface area contributed by atoms with Gasteiger partial charge in [-0.2, -0.15) is 0 Å². The van der Waals surface area contributed by atoms with Gasteiger partial charge in [-0.15, -0.1) is 0 Å². The Bertz CT molecular complexity index is 910. The molecular formula is C19H20FNO5S. The Balaban J connectivity index is 1.64. The van der Waals surface area contributed by atoms with Gasteiger partial charge < -0.3 is 14.1 Å². The summed E-state index contributed by atoms with van der Waals surface area (Å²) in [6, 6.07) is 8.87. The topological polar surface area (TPSA) is 76.8 Å². The Morgan fingerprint density at radius 1 is 1.22 bits per heavy atom. The van der Waals surface area contributed by atoms with Gasteiger partial charge in [0.15, 0.2) is 9.84 Å². The first-order valence-corrected chi connectivity index (χ1v) is 10.7. The number of nitrogens with zero attached hydrogens (tertiary/aromatic N) is 1. The number of hydrogen-bond donors (Lipinski definition) is 0. The van der Waals surface area contributed by atoms with Gasteiger partial charge in [-0.3, -0.25) is 4.79 Å². The number of hydrogen-bond acceptors (Lipinski definition) is 5. The van der Waals surface area contributed by atoms with Crippen molar-refractivity contribution in [2.75, 3.05) is 24.7 Å². The van der Waals surface area contributed by atoms with Crippen LogP contribution in [0.25, 0.3) is 0 Å². The minimum absolute atomic E-state index is 0.0547. The zero-order chi connectivity index (χ0) is 19.0. The molecular weight excluding hydrogens is 373 g/mol. The molecule has 8 heteroatoms. The number of halogens is 1. The fourth-order valence-corrected chi connectivity index (χ4v) is 5.73. The highest BCUT2D eigenvalue weighted by Gasteiger charge is 2.46. The molecule has 0 aliphatic carbocycles. The number of carbonyl (C=O) groups excluding carboxylic acids is 1. The molecule has 0 spiro atoms. The molecule has 1 amide bonds. The molecule has 1 aromatic carbocycles. The number of rotatable bonds is 4. The van der Waals surface area contributed by atoms with Crippen LogP contribution in [-0.4, -0.2) is 56.0 Å². The van der Waals surface area contributed by atoms with Crippen LogP contribution in [0.1, 0.15) is 17.2 Å². The summed E-state index contributed by atoms with van der Waals surface area (Å²) in [6.45, 7) is 0.644. The Morgan fingerprint density at radius 3 is 2.70 bits per heavy atom. The van der Waals surface area contributed by atoms with Crippen LogP contribution in [0.2, 0.25) is 0 Å². The third kappa shape index (κ3) is 3.77. The standard InChI is InChI=1S/C19H20FNO5S/c20-14-5-3-13(4-6-14)16(10-15-2-1-8-25-15)19(22)21-7-9-26-18-12-27(23,24)11-17(18)21/h1-6,8,16-18H,7,9-12H2. The lowest BCUT2D eigenvalue weighted by Gasteiger charge is -2.38. The average Bonchev–Trinajstić information content (AvgIpc) is 3.25. The van der Waals surface area contributed by atoms with E-state index < -0.39 is 27.9 Å². The molecule has 3 atom stereocenters. The summed E-state index contributed by atoms with van der Waals surface area (Å²) in [4.78, 5) is 15.0. The largest absolute Gasteiger partial charge is 0.469 e. The van der Waals surface area contributed by atoms with Gasteiger partial charge in [0.2, 0.25) is 5.91 Å². The van der Waals surface area contributed by atoms with Crippen LogP contribution in [-0.2, 0) is 25.8 Å². The summed E-state index contributed by atoms with van der Waals surface area (Å²) in [6.07, 6.45) is 1.37. The van der Waals surface area contributed by atoms with Gasteiger partial charge in [0, 0.05) is 13.0 Å². The van der Waals surface area contributed by atoms with Crippen molar-refractivity contribution in [3.8, 4) is 0 Å². The Labute approximate surface area is 156 Å². The van der Waals surface area contributed by atoms with Crippen LogP contribution in [0.3, 0.4) is 0 Å². The smallest absolute Gasteiger partial charge is 0.231 e. The van der Waals surface area contributed by atoms with E-state index in [1.807, 2.05) is 0 Å². The monoisotopic (exact) mass is 393 g/mol. The van der Waals surface area contributed by atoms with Crippen molar-refractivity contribution >= 4 is 15.7 Å². The molecule has 144 valence electrons. The summed E-state index contributed by atoms with van der Waals surface area (Å²) >= 11 is 0. The molecule has 2 aromatic rings. The van der Waals surface area contributed by atoms with Crippen molar-refractivity contribution in [3.63, 3.8) is 0 Å². The molecule has 0 saturated carbocycles. The first-order chi connectivity index (χ1) is 12.9. The lowest BCUT2D eigenvalue weighted by molar-refractivity contribution is -0.144. The summed E-state index contributed by atoms with van der Waals surface area (Å²) in [5.41, 5.74) is 0.668. The summed E-state index contributed by atoms with van der Waals surface area (Å²) in [5, 5.41) is 0. The molecule has 2 aliphatic heterocycles. The van der Waals surface area contributed by atoms with Gasteiger partial charge >= 0.3 is 0 Å². The summed E-state index contributed by atoms with van der Waals surface area (Å²) < 4.78 is 48.4. The van der Waals surface area contributed by atoms with Crippen molar-refractivity contribution in [2.45, 2.75) is 24.5 Å². The van der Waals surface area contributed by atoms with Crippen molar-refractivity contribution in [1.29, 1.82) is 0 Å². The Kier molecular flexibility index (Phi) is 4.77. The minimum atomic E-state index is -3.23. The molecule has 3 heterocycles. The molecule has 2 aliphatic rings. The van der Waals surface area contributed by atoms with Gasteiger partial charge in [0.05, 0.1) is 42.4 Å². The Morgan fingerprint density at radius 2 is 2.00 bits per heavy atom. The van der Waals surface area contributed by atoms with E-state index in [0.29, 0.717) is 30.9 Å². The molecule has 4 rings (SSSR count). The lowest BCUT2D eigenvalue weighted by Crippen LogP contribution is -2.54. The van der Waals surface area contributed by atoms with Crippen LogP contribution < -0.4 is 0 Å². The van der Waals surface area contributed by atoms with Gasteiger partial charge in [-0.25, -0.2) is 12.8 Å². The van der Waals surface area contributed by atoms with E-state index in [2.05, 4.69) is 0 Å². The van der Waals surface area contributed by atoms with E-state index >= 15 is 0 Å². The molecule has 2 saturated heterocycles. The molecule has 0 bridgehead atoms. The van der Waals surface area contributed by atoms with Gasteiger partial charge in [0.25, 0.3) is 0 Å². The summed E-state index contributed by atoms with van der Waals surface area (Å²) in [5.74, 6) is -0.647. The van der Waals surface area contributed by atoms with E-state index in [1.54, 1.807) is 29.2 Å². The first kappa shape index (κ1) is 18.2. The maximum atomic E-state index is 13.4. The third-order valence-electron chi connectivity index (χ3n) is 5.18. The van der Waals surface area contributed by atoms with E-state index in [0.717, 1.165) is 0 Å². The van der Waals surface area contributed by atoms with E-state index in [9.17, 15) is 17.6 Å². The number of fused-ring (bicyclic) bond motifs is 1. The quantitative estimate of drug-likeness (QED) is 0.791. The Hall–Kier alpha value is -2.19. The minimum Gasteiger partial charge on any atom is -0.469 e. The first-order valence-electron chi connectivity index (χ1n) is 8.83. The number of morpholine rings is 1. The highest BCUT2D eigenvalue weighted by atomic mass is 32.2. The molecule has 2 fully saturated rings. The zero-order valence-corrected chi connectivity index (χ0v) is 15.4. The van der Waals surface area contributed by atoms with E-state index in [1.165, 1.54) is 18.4 Å². The summed E-state index contributed by atoms with van der Waals surface area (Å²) in [7, 11) is -3.23. The fraction of sp³-hybridized carbons (Fsp3) is 0.421. The molecule has 1 aromatic heterocycles. The van der Waals surface area contributed by atoms with E-state index in [-0.39, 0.29) is 23.2 Å². The molecule has 6 nitrogen and oxygen atoms in total. The van der Waals surface area contributed by atoms with Crippen LogP contribution in [0, 0.1) is 5.82 Å². The van der Waals surface area contributed by atoms with Crippen molar-refractivity contribution in [1.82, 2.24) is 4.90 Å². The third-order valence-corrected chi connectivity index (χ3v) is 6.86. The number of ether oxygens (including phenoxy) is 1. The number of benzene rings is 1. The number of furan rings is 1. The molecule has 0 radical (unpaired) electrons. The second kappa shape index (κ2) is 7.09. The lowest BCUT2D eigenvalue weighted by atomic mass is 9.92. The molecule has 3 unspecified atom stereocenters. The number of amides is 1. The van der Waals surface area contributed by atoms with Gasteiger partial charge in [0.1, 0.15) is 11.6 Å². The van der Waals surface area contributed by atoms with Crippen molar-refractivity contribution in [2.24, 2.45) is 0 Å². The predicted molar refractivity (Wildman–Crippen MR) is 95.4 cm³/mol. The second-order valence-corrected chi connectivity index (χ2v) is 9.13. The SMILES string of the molecule is O=C(C(Cc1ccco1)c1ccc(F)cc1)N1CCOC2CS(=O)(=O)CC21. The number of sulfone groups is 1. The maximum absolute atomic E-state index is 13.4. The van der Waals surface area contributed by atoms with E-state index in [4.69, 9.17) is 9.15 Å². The van der Waals surface area contributed by atoms with Crippen molar-refractivity contribution < 1.29 is 26.8 Å².